The zero-order valence-corrected chi connectivity index (χ0v) is 5.14. The molecule has 0 spiro atoms. The normalized spacial score (nSPS) is 10.7. The summed E-state index contributed by atoms with van der Waals surface area (Å²) in [6, 6.07) is 0. The Morgan fingerprint density at radius 1 is 1.00 bits per heavy atom. The minimum Gasteiger partial charge on any atom is -0.515 e. The van der Waals surface area contributed by atoms with Crippen LogP contribution in [0, 0.1) is 0 Å². The van der Waals surface area contributed by atoms with Crippen molar-refractivity contribution in [2.24, 2.45) is 0 Å². The van der Waals surface area contributed by atoms with Gasteiger partial charge >= 0.3 is 11.9 Å². The molecule has 0 heterocycles. The second-order valence-corrected chi connectivity index (χ2v) is 1.48. The summed E-state index contributed by atoms with van der Waals surface area (Å²) in [5, 5.41) is 24.1. The van der Waals surface area contributed by atoms with E-state index in [0.717, 1.165) is 0 Å². The van der Waals surface area contributed by atoms with Gasteiger partial charge in [0.1, 0.15) is 5.57 Å². The number of hydrogen-bond donors (Lipinski definition) is 3. The molecule has 0 aliphatic heterocycles. The van der Waals surface area contributed by atoms with Crippen LogP contribution < -0.4 is 0 Å². The molecule has 60 valence electrons. The summed E-state index contributed by atoms with van der Waals surface area (Å²) in [5.41, 5.74) is -1.17. The topological polar surface area (TPSA) is 112 Å². The molecule has 0 fully saturated rings. The molecule has 11 heavy (non-hydrogen) atoms. The summed E-state index contributed by atoms with van der Waals surface area (Å²) >= 11 is 0. The lowest BCUT2D eigenvalue weighted by Crippen LogP contribution is -2.20. The van der Waals surface area contributed by atoms with Gasteiger partial charge in [0.05, 0.1) is 6.26 Å². The SMILES string of the molecule is O=C(O)C(=O)C(=CO)C(=O)O. The van der Waals surface area contributed by atoms with Crippen LogP contribution in [-0.2, 0) is 14.4 Å². The molecule has 6 nitrogen and oxygen atoms in total. The maximum atomic E-state index is 10.3. The number of carboxylic acids is 2. The highest BCUT2D eigenvalue weighted by Gasteiger charge is 2.23. The molecule has 0 aromatic rings. The molecule has 0 aliphatic rings. The first-order chi connectivity index (χ1) is 5.00. The Balaban J connectivity index is 4.69. The monoisotopic (exact) mass is 160 g/mol. The number of aliphatic hydroxyl groups excluding tert-OH is 1. The van der Waals surface area contributed by atoms with E-state index in [1.165, 1.54) is 0 Å². The smallest absolute Gasteiger partial charge is 0.377 e. The number of ketones is 1. The molecule has 3 N–H and O–H groups in total. The molecule has 0 aliphatic carbocycles. The fraction of sp³-hybridized carbons (Fsp3) is 0. The molecule has 0 radical (unpaired) electrons. The largest absolute Gasteiger partial charge is 0.515 e. The lowest BCUT2D eigenvalue weighted by atomic mass is 10.2. The maximum absolute atomic E-state index is 10.3. The summed E-state index contributed by atoms with van der Waals surface area (Å²) in [7, 11) is 0. The molecule has 0 aromatic carbocycles. The van der Waals surface area contributed by atoms with Crippen LogP contribution >= 0.6 is 0 Å². The second kappa shape index (κ2) is 3.35. The summed E-state index contributed by atoms with van der Waals surface area (Å²) in [6.07, 6.45) is -0.0568. The molecule has 0 bridgehead atoms. The molecule has 0 rings (SSSR count). The van der Waals surface area contributed by atoms with E-state index in [4.69, 9.17) is 15.3 Å². The molecule has 0 aromatic heterocycles. The van der Waals surface area contributed by atoms with E-state index in [1.807, 2.05) is 0 Å². The first kappa shape index (κ1) is 9.15. The number of carbonyl (C=O) groups is 3. The molecule has 6 heteroatoms. The second-order valence-electron chi connectivity index (χ2n) is 1.48. The zero-order valence-electron chi connectivity index (χ0n) is 5.14. The number of Topliss-reactive ketones (excluding diaryl/α,β-unsaturated/α-hetero) is 1. The Bertz CT molecular complexity index is 237. The lowest BCUT2D eigenvalue weighted by Gasteiger charge is -1.92. The van der Waals surface area contributed by atoms with Gasteiger partial charge in [-0.3, -0.25) is 4.79 Å². The van der Waals surface area contributed by atoms with Gasteiger partial charge in [-0.1, -0.05) is 0 Å². The van der Waals surface area contributed by atoms with Gasteiger partial charge in [-0.15, -0.1) is 0 Å². The van der Waals surface area contributed by atoms with Gasteiger partial charge in [-0.25, -0.2) is 9.59 Å². The average Bonchev–Trinajstić information content (AvgIpc) is 1.88. The van der Waals surface area contributed by atoms with Gasteiger partial charge in [-0.2, -0.15) is 0 Å². The summed E-state index contributed by atoms with van der Waals surface area (Å²) in [5.74, 6) is -5.35. The van der Waals surface area contributed by atoms with E-state index in [0.29, 0.717) is 0 Å². The third kappa shape index (κ3) is 2.09. The Kier molecular flexibility index (Phi) is 2.79. The van der Waals surface area contributed by atoms with Crippen LogP contribution in [0.2, 0.25) is 0 Å². The van der Waals surface area contributed by atoms with Crippen molar-refractivity contribution in [1.29, 1.82) is 0 Å². The molecule has 0 atom stereocenters. The van der Waals surface area contributed by atoms with Gasteiger partial charge < -0.3 is 15.3 Å². The molecular formula is C5H4O6. The van der Waals surface area contributed by atoms with E-state index in [1.54, 1.807) is 0 Å². The van der Waals surface area contributed by atoms with E-state index in [-0.39, 0.29) is 6.26 Å². The van der Waals surface area contributed by atoms with Crippen molar-refractivity contribution in [3.05, 3.63) is 11.8 Å². The van der Waals surface area contributed by atoms with Crippen LogP contribution in [0.15, 0.2) is 11.8 Å². The predicted octanol–water partition coefficient (Wildman–Crippen LogP) is -0.833. The van der Waals surface area contributed by atoms with Crippen molar-refractivity contribution in [1.82, 2.24) is 0 Å². The summed E-state index contributed by atoms with van der Waals surface area (Å²) in [4.78, 5) is 30.1. The molecule has 0 saturated heterocycles. The third-order valence-electron chi connectivity index (χ3n) is 0.798. The van der Waals surface area contributed by atoms with Crippen LogP contribution in [0.25, 0.3) is 0 Å². The Morgan fingerprint density at radius 2 is 1.45 bits per heavy atom. The summed E-state index contributed by atoms with van der Waals surface area (Å²) in [6.45, 7) is 0. The van der Waals surface area contributed by atoms with E-state index in [9.17, 15) is 14.4 Å². The van der Waals surface area contributed by atoms with E-state index in [2.05, 4.69) is 0 Å². The van der Waals surface area contributed by atoms with Gasteiger partial charge in [0.25, 0.3) is 5.78 Å². The number of rotatable bonds is 3. The number of carboxylic acid groups (broad SMARTS) is 2. The van der Waals surface area contributed by atoms with Crippen LogP contribution in [-0.4, -0.2) is 33.0 Å². The number of carbonyl (C=O) groups excluding carboxylic acids is 1. The van der Waals surface area contributed by atoms with E-state index >= 15 is 0 Å². The quantitative estimate of drug-likeness (QED) is 0.163. The maximum Gasteiger partial charge on any atom is 0.377 e. The Hall–Kier alpha value is -1.85. The zero-order chi connectivity index (χ0) is 9.02. The fourth-order valence-corrected chi connectivity index (χ4v) is 0.326. The Morgan fingerprint density at radius 3 is 1.55 bits per heavy atom. The minimum atomic E-state index is -1.92. The molecular weight excluding hydrogens is 156 g/mol. The highest BCUT2D eigenvalue weighted by Crippen LogP contribution is 1.94. The third-order valence-corrected chi connectivity index (χ3v) is 0.798. The van der Waals surface area contributed by atoms with Crippen molar-refractivity contribution in [2.45, 2.75) is 0 Å². The lowest BCUT2D eigenvalue weighted by molar-refractivity contribution is -0.149. The molecule has 0 saturated carbocycles. The van der Waals surface area contributed by atoms with Gasteiger partial charge in [-0.05, 0) is 0 Å². The van der Waals surface area contributed by atoms with Crippen molar-refractivity contribution < 1.29 is 29.7 Å². The highest BCUT2D eigenvalue weighted by molar-refractivity contribution is 6.45. The number of aliphatic carboxylic acids is 2. The van der Waals surface area contributed by atoms with Crippen LogP contribution in [0.3, 0.4) is 0 Å². The first-order valence-electron chi connectivity index (χ1n) is 2.36. The Labute approximate surface area is 60.4 Å². The van der Waals surface area contributed by atoms with Crippen molar-refractivity contribution >= 4 is 17.7 Å². The first-order valence-corrected chi connectivity index (χ1v) is 2.36. The van der Waals surface area contributed by atoms with Crippen LogP contribution in [0.4, 0.5) is 0 Å². The van der Waals surface area contributed by atoms with Gasteiger partial charge in [0.15, 0.2) is 0 Å². The van der Waals surface area contributed by atoms with E-state index < -0.39 is 23.3 Å². The average molecular weight is 160 g/mol. The molecule has 0 unspecified atom stereocenters. The van der Waals surface area contributed by atoms with Crippen LogP contribution in [0.1, 0.15) is 0 Å². The predicted molar refractivity (Wildman–Crippen MR) is 31.0 cm³/mol. The minimum absolute atomic E-state index is 0.0568. The number of aliphatic hydroxyl groups is 1. The highest BCUT2D eigenvalue weighted by atomic mass is 16.4. The van der Waals surface area contributed by atoms with Crippen molar-refractivity contribution in [3.63, 3.8) is 0 Å². The van der Waals surface area contributed by atoms with Gasteiger partial charge in [0.2, 0.25) is 0 Å². The van der Waals surface area contributed by atoms with Crippen molar-refractivity contribution in [3.8, 4) is 0 Å². The van der Waals surface area contributed by atoms with Crippen molar-refractivity contribution in [2.75, 3.05) is 0 Å². The standard InChI is InChI=1S/C5H4O6/c6-1-2(4(8)9)3(7)5(10)11/h1,6H,(H,8,9)(H,10,11). The number of hydrogen-bond acceptors (Lipinski definition) is 4. The molecule has 0 amide bonds. The van der Waals surface area contributed by atoms with Crippen LogP contribution in [0.5, 0.6) is 0 Å². The van der Waals surface area contributed by atoms with Gasteiger partial charge in [0, 0.05) is 0 Å². The fourth-order valence-electron chi connectivity index (χ4n) is 0.326. The summed E-state index contributed by atoms with van der Waals surface area (Å²) < 4.78 is 0.